The molecule has 1 aromatic heterocycles. The highest BCUT2D eigenvalue weighted by Crippen LogP contribution is 2.23. The lowest BCUT2D eigenvalue weighted by molar-refractivity contribution is 0.101. The van der Waals surface area contributed by atoms with E-state index >= 15 is 0 Å². The van der Waals surface area contributed by atoms with Gasteiger partial charge in [0, 0.05) is 16.3 Å². The average Bonchev–Trinajstić information content (AvgIpc) is 3.16. The number of halogens is 2. The van der Waals surface area contributed by atoms with Gasteiger partial charge in [0.1, 0.15) is 5.82 Å². The molecule has 4 rings (SSSR count). The number of nitrogens with zero attached hydrogens (tertiary/aromatic N) is 3. The molecule has 4 aromatic rings. The second kappa shape index (κ2) is 7.85. The molecular weight excluding hydrogens is 391 g/mol. The molecule has 0 saturated carbocycles. The Labute approximate surface area is 171 Å². The van der Waals surface area contributed by atoms with Crippen molar-refractivity contribution in [3.63, 3.8) is 0 Å². The molecular formula is C22H16ClFN4O. The summed E-state index contributed by atoms with van der Waals surface area (Å²) in [4.78, 5) is 17.1. The number of anilines is 1. The van der Waals surface area contributed by atoms with E-state index in [9.17, 15) is 9.18 Å². The van der Waals surface area contributed by atoms with Crippen molar-refractivity contribution in [2.45, 2.75) is 6.92 Å². The molecule has 0 aliphatic heterocycles. The Hall–Kier alpha value is -3.51. The predicted molar refractivity (Wildman–Crippen MR) is 111 cm³/mol. The number of amides is 1. The summed E-state index contributed by atoms with van der Waals surface area (Å²) in [5, 5.41) is 7.75. The summed E-state index contributed by atoms with van der Waals surface area (Å²) in [7, 11) is 0. The summed E-state index contributed by atoms with van der Waals surface area (Å²) in [6.07, 6.45) is 0. The number of nitrogens with one attached hydrogen (secondary N) is 1. The fourth-order valence-corrected chi connectivity index (χ4v) is 2.91. The van der Waals surface area contributed by atoms with Crippen LogP contribution < -0.4 is 5.32 Å². The van der Waals surface area contributed by atoms with E-state index in [1.807, 2.05) is 31.2 Å². The SMILES string of the molecule is Cc1ccc(NC(=O)c2nc(-c3ccc(F)cc3)n(-c3ccc(Cl)cc3)n2)cc1. The summed E-state index contributed by atoms with van der Waals surface area (Å²) < 4.78 is 14.9. The Balaban J connectivity index is 1.74. The lowest BCUT2D eigenvalue weighted by Crippen LogP contribution is -2.14. The second-order valence-corrected chi connectivity index (χ2v) is 6.91. The van der Waals surface area contributed by atoms with Crippen LogP contribution in [-0.2, 0) is 0 Å². The van der Waals surface area contributed by atoms with Crippen LogP contribution in [0.2, 0.25) is 5.02 Å². The maximum atomic E-state index is 13.4. The van der Waals surface area contributed by atoms with Crippen LogP contribution in [0.3, 0.4) is 0 Å². The Kier molecular flexibility index (Phi) is 5.10. The van der Waals surface area contributed by atoms with Gasteiger partial charge in [0.25, 0.3) is 5.91 Å². The monoisotopic (exact) mass is 406 g/mol. The molecule has 1 N–H and O–H groups in total. The van der Waals surface area contributed by atoms with Crippen molar-refractivity contribution in [2.75, 3.05) is 5.32 Å². The third kappa shape index (κ3) is 4.17. The number of aryl methyl sites for hydroxylation is 1. The fourth-order valence-electron chi connectivity index (χ4n) is 2.78. The number of rotatable bonds is 4. The molecule has 0 spiro atoms. The Morgan fingerprint density at radius 3 is 2.28 bits per heavy atom. The minimum atomic E-state index is -0.440. The molecule has 3 aromatic carbocycles. The number of aromatic nitrogens is 3. The van der Waals surface area contributed by atoms with Crippen molar-refractivity contribution >= 4 is 23.2 Å². The first-order valence-electron chi connectivity index (χ1n) is 8.86. The molecule has 0 aliphatic carbocycles. The zero-order chi connectivity index (χ0) is 20.4. The van der Waals surface area contributed by atoms with Crippen LogP contribution in [0.5, 0.6) is 0 Å². The summed E-state index contributed by atoms with van der Waals surface area (Å²) in [6, 6.07) is 20.3. The van der Waals surface area contributed by atoms with Crippen molar-refractivity contribution in [3.05, 3.63) is 95.0 Å². The van der Waals surface area contributed by atoms with Gasteiger partial charge in [0.05, 0.1) is 5.69 Å². The highest BCUT2D eigenvalue weighted by atomic mass is 35.5. The molecule has 7 heteroatoms. The van der Waals surface area contributed by atoms with E-state index in [1.54, 1.807) is 36.4 Å². The van der Waals surface area contributed by atoms with Gasteiger partial charge in [-0.15, -0.1) is 5.10 Å². The van der Waals surface area contributed by atoms with Crippen molar-refractivity contribution in [1.82, 2.24) is 14.8 Å². The lowest BCUT2D eigenvalue weighted by Gasteiger charge is -2.06. The summed E-state index contributed by atoms with van der Waals surface area (Å²) in [5.41, 5.74) is 3.04. The quantitative estimate of drug-likeness (QED) is 0.501. The first kappa shape index (κ1) is 18.8. The van der Waals surface area contributed by atoms with E-state index in [1.165, 1.54) is 16.8 Å². The summed E-state index contributed by atoms with van der Waals surface area (Å²) in [5.74, 6) is -0.380. The van der Waals surface area contributed by atoms with E-state index in [0.29, 0.717) is 27.8 Å². The van der Waals surface area contributed by atoms with Gasteiger partial charge in [-0.05, 0) is 67.6 Å². The van der Waals surface area contributed by atoms with Crippen molar-refractivity contribution < 1.29 is 9.18 Å². The molecule has 0 bridgehead atoms. The summed E-state index contributed by atoms with van der Waals surface area (Å²) in [6.45, 7) is 1.97. The van der Waals surface area contributed by atoms with Crippen molar-refractivity contribution in [1.29, 1.82) is 0 Å². The summed E-state index contributed by atoms with van der Waals surface area (Å²) >= 11 is 5.98. The average molecular weight is 407 g/mol. The molecule has 0 atom stereocenters. The van der Waals surface area contributed by atoms with E-state index in [0.717, 1.165) is 5.56 Å². The zero-order valence-corrected chi connectivity index (χ0v) is 16.2. The first-order valence-corrected chi connectivity index (χ1v) is 9.24. The standard InChI is InChI=1S/C22H16ClFN4O/c1-14-2-10-18(11-3-14)25-22(29)20-26-21(15-4-8-17(24)9-5-15)28(27-20)19-12-6-16(23)7-13-19/h2-13H,1H3,(H,25,29). The Bertz CT molecular complexity index is 1090. The van der Waals surface area contributed by atoms with Crippen LogP contribution in [0.4, 0.5) is 10.1 Å². The molecule has 1 amide bonds. The van der Waals surface area contributed by atoms with E-state index < -0.39 is 5.91 Å². The van der Waals surface area contributed by atoms with Crippen LogP contribution in [0.25, 0.3) is 17.1 Å². The number of benzene rings is 3. The van der Waals surface area contributed by atoms with Gasteiger partial charge >= 0.3 is 0 Å². The number of hydrogen-bond donors (Lipinski definition) is 1. The van der Waals surface area contributed by atoms with Crippen LogP contribution in [0.1, 0.15) is 16.2 Å². The lowest BCUT2D eigenvalue weighted by atomic mass is 10.2. The van der Waals surface area contributed by atoms with E-state index in [4.69, 9.17) is 11.6 Å². The third-order valence-electron chi connectivity index (χ3n) is 4.29. The smallest absolute Gasteiger partial charge is 0.295 e. The largest absolute Gasteiger partial charge is 0.319 e. The first-order chi connectivity index (χ1) is 14.0. The van der Waals surface area contributed by atoms with Crippen molar-refractivity contribution in [2.24, 2.45) is 0 Å². The van der Waals surface area contributed by atoms with Crippen molar-refractivity contribution in [3.8, 4) is 17.1 Å². The van der Waals surface area contributed by atoms with E-state index in [2.05, 4.69) is 15.4 Å². The molecule has 0 saturated heterocycles. The number of carbonyl (C=O) groups is 1. The maximum absolute atomic E-state index is 13.4. The Morgan fingerprint density at radius 2 is 1.62 bits per heavy atom. The van der Waals surface area contributed by atoms with Gasteiger partial charge in [-0.1, -0.05) is 29.3 Å². The minimum absolute atomic E-state index is 0.000139. The molecule has 0 aliphatic rings. The van der Waals surface area contributed by atoms with Gasteiger partial charge in [-0.3, -0.25) is 4.79 Å². The normalized spacial score (nSPS) is 10.7. The molecule has 1 heterocycles. The molecule has 0 unspecified atom stereocenters. The number of carbonyl (C=O) groups excluding carboxylic acids is 1. The second-order valence-electron chi connectivity index (χ2n) is 6.47. The van der Waals surface area contributed by atoms with Crippen LogP contribution in [-0.4, -0.2) is 20.7 Å². The van der Waals surface area contributed by atoms with Gasteiger partial charge in [-0.25, -0.2) is 14.1 Å². The van der Waals surface area contributed by atoms with E-state index in [-0.39, 0.29) is 11.6 Å². The molecule has 0 fully saturated rings. The molecule has 5 nitrogen and oxygen atoms in total. The number of hydrogen-bond acceptors (Lipinski definition) is 3. The molecule has 0 radical (unpaired) electrons. The Morgan fingerprint density at radius 1 is 0.966 bits per heavy atom. The molecule has 144 valence electrons. The van der Waals surface area contributed by atoms with Crippen LogP contribution in [0, 0.1) is 12.7 Å². The minimum Gasteiger partial charge on any atom is -0.319 e. The van der Waals surface area contributed by atoms with Gasteiger partial charge in [0.2, 0.25) is 5.82 Å². The highest BCUT2D eigenvalue weighted by Gasteiger charge is 2.19. The predicted octanol–water partition coefficient (Wildman–Crippen LogP) is 5.29. The fraction of sp³-hybridized carbons (Fsp3) is 0.0455. The van der Waals surface area contributed by atoms with Gasteiger partial charge in [0.15, 0.2) is 5.82 Å². The third-order valence-corrected chi connectivity index (χ3v) is 4.55. The van der Waals surface area contributed by atoms with Crippen LogP contribution in [0.15, 0.2) is 72.8 Å². The highest BCUT2D eigenvalue weighted by molar-refractivity contribution is 6.30. The molecule has 29 heavy (non-hydrogen) atoms. The van der Waals surface area contributed by atoms with Gasteiger partial charge < -0.3 is 5.32 Å². The van der Waals surface area contributed by atoms with Gasteiger partial charge in [-0.2, -0.15) is 0 Å². The maximum Gasteiger partial charge on any atom is 0.295 e. The van der Waals surface area contributed by atoms with Crippen LogP contribution >= 0.6 is 11.6 Å². The zero-order valence-electron chi connectivity index (χ0n) is 15.4. The topological polar surface area (TPSA) is 59.8 Å².